The Morgan fingerprint density at radius 3 is 2.14 bits per heavy atom. The van der Waals surface area contributed by atoms with Crippen LogP contribution >= 0.6 is 0 Å². The summed E-state index contributed by atoms with van der Waals surface area (Å²) < 4.78 is 6.42. The van der Waals surface area contributed by atoms with Crippen molar-refractivity contribution in [3.63, 3.8) is 0 Å². The van der Waals surface area contributed by atoms with E-state index in [1.54, 1.807) is 14.0 Å². The maximum absolute atomic E-state index is 14.3. The molecule has 0 aromatic carbocycles. The summed E-state index contributed by atoms with van der Waals surface area (Å²) in [4.78, 5) is 85.3. The Balaban J connectivity index is 1.65. The molecule has 0 spiro atoms. The highest BCUT2D eigenvalue weighted by molar-refractivity contribution is 5.96. The Bertz CT molecular complexity index is 1370. The van der Waals surface area contributed by atoms with E-state index in [1.807, 2.05) is 20.8 Å². The standard InChI is InChI=1S/C41H72N8O7/c1-7-8-9-13-16-33-26(5)39(54)49(6)32(17-24(2)3)37(52)48-34(27-14-11-10-12-15-27)38(53)46-30(21-42)35(50)47-31(36(51)45-25(4)23-56-33)22-44-40(55)41-18-28(19-41)29(43)20-41/h24-34H,7-23,42-43H2,1-6H3,(H,44,55)(H,45,51)(H,46,53)(H,47,50)(H,48,52)/t25-,26-,28?,29?,30+,31+,32+,33-,34+,41?/m1/s1. The van der Waals surface area contributed by atoms with Gasteiger partial charge in [0.1, 0.15) is 24.2 Å². The second-order valence-electron chi connectivity index (χ2n) is 17.8. The second-order valence-corrected chi connectivity index (χ2v) is 17.8. The van der Waals surface area contributed by atoms with Crippen molar-refractivity contribution in [2.24, 2.45) is 40.6 Å². The Labute approximate surface area is 334 Å². The number of nitrogens with zero attached hydrogens (tertiary/aromatic N) is 1. The highest BCUT2D eigenvalue weighted by Gasteiger charge is 2.59. The summed E-state index contributed by atoms with van der Waals surface area (Å²) in [7, 11) is 1.64. The van der Waals surface area contributed by atoms with Crippen LogP contribution in [0.1, 0.15) is 125 Å². The number of carbonyl (C=O) groups is 6. The van der Waals surface area contributed by atoms with Crippen LogP contribution in [-0.2, 0) is 33.5 Å². The Kier molecular flexibility index (Phi) is 17.0. The zero-order valence-electron chi connectivity index (χ0n) is 34.8. The van der Waals surface area contributed by atoms with E-state index in [0.29, 0.717) is 50.9 Å². The summed E-state index contributed by atoms with van der Waals surface area (Å²) in [6, 6.07) is -4.81. The molecule has 0 radical (unpaired) electrons. The number of hydrogen-bond acceptors (Lipinski definition) is 9. The van der Waals surface area contributed by atoms with Gasteiger partial charge in [-0.25, -0.2) is 0 Å². The van der Waals surface area contributed by atoms with Crippen molar-refractivity contribution in [1.82, 2.24) is 31.5 Å². The molecule has 0 aromatic heterocycles. The van der Waals surface area contributed by atoms with Gasteiger partial charge in [0.15, 0.2) is 0 Å². The molecule has 1 heterocycles. The number of rotatable bonds is 12. The Morgan fingerprint density at radius 1 is 0.875 bits per heavy atom. The van der Waals surface area contributed by atoms with Crippen LogP contribution in [0.3, 0.4) is 0 Å². The summed E-state index contributed by atoms with van der Waals surface area (Å²) in [5.41, 5.74) is 11.7. The molecule has 5 fully saturated rings. The van der Waals surface area contributed by atoms with Crippen LogP contribution in [0.2, 0.25) is 0 Å². The van der Waals surface area contributed by atoms with E-state index in [1.165, 1.54) is 4.90 Å². The highest BCUT2D eigenvalue weighted by Crippen LogP contribution is 2.58. The minimum Gasteiger partial charge on any atom is -0.375 e. The van der Waals surface area contributed by atoms with Gasteiger partial charge in [-0.15, -0.1) is 0 Å². The molecule has 4 saturated carbocycles. The monoisotopic (exact) mass is 789 g/mol. The number of nitrogens with one attached hydrogen (secondary N) is 5. The number of carbonyl (C=O) groups excluding carboxylic acids is 6. The number of nitrogens with two attached hydrogens (primary N) is 2. The van der Waals surface area contributed by atoms with Gasteiger partial charge in [0.2, 0.25) is 35.4 Å². The van der Waals surface area contributed by atoms with Gasteiger partial charge in [0.05, 0.1) is 24.0 Å². The molecule has 1 saturated heterocycles. The van der Waals surface area contributed by atoms with Crippen molar-refractivity contribution in [3.8, 4) is 0 Å². The summed E-state index contributed by atoms with van der Waals surface area (Å²) >= 11 is 0. The van der Waals surface area contributed by atoms with Crippen molar-refractivity contribution >= 4 is 35.4 Å². The van der Waals surface area contributed by atoms with Gasteiger partial charge in [-0.1, -0.05) is 72.6 Å². The summed E-state index contributed by atoms with van der Waals surface area (Å²) in [6.45, 7) is 9.32. The van der Waals surface area contributed by atoms with Crippen molar-refractivity contribution in [1.29, 1.82) is 0 Å². The first-order valence-corrected chi connectivity index (χ1v) is 21.4. The molecule has 318 valence electrons. The zero-order chi connectivity index (χ0) is 41.2. The molecule has 9 N–H and O–H groups in total. The lowest BCUT2D eigenvalue weighted by atomic mass is 9.69. The third-order valence-electron chi connectivity index (χ3n) is 12.7. The highest BCUT2D eigenvalue weighted by atomic mass is 16.5. The van der Waals surface area contributed by atoms with E-state index in [-0.39, 0.29) is 49.4 Å². The fraction of sp³-hybridized carbons (Fsp3) is 0.854. The van der Waals surface area contributed by atoms with Gasteiger partial charge in [0, 0.05) is 32.2 Å². The number of amides is 6. The first-order chi connectivity index (χ1) is 26.6. The predicted octanol–water partition coefficient (Wildman–Crippen LogP) is 1.61. The molecule has 1 aliphatic heterocycles. The number of likely N-dealkylation sites (N-methyl/N-ethyl adjacent to an activating group) is 1. The molecule has 5 rings (SSSR count). The molecule has 56 heavy (non-hydrogen) atoms. The molecule has 0 aromatic rings. The molecule has 5 aliphatic rings. The van der Waals surface area contributed by atoms with Gasteiger partial charge in [-0.3, -0.25) is 28.8 Å². The molecule has 15 nitrogen and oxygen atoms in total. The van der Waals surface area contributed by atoms with E-state index in [9.17, 15) is 28.8 Å². The summed E-state index contributed by atoms with van der Waals surface area (Å²) in [6.07, 6.45) is 10.6. The van der Waals surface area contributed by atoms with Crippen LogP contribution in [0.5, 0.6) is 0 Å². The van der Waals surface area contributed by atoms with E-state index in [2.05, 4.69) is 33.5 Å². The lowest BCUT2D eigenvalue weighted by molar-refractivity contribution is -0.147. The predicted molar refractivity (Wildman–Crippen MR) is 213 cm³/mol. The smallest absolute Gasteiger partial charge is 0.244 e. The fourth-order valence-electron chi connectivity index (χ4n) is 9.21. The fourth-order valence-corrected chi connectivity index (χ4v) is 9.21. The van der Waals surface area contributed by atoms with Crippen molar-refractivity contribution < 1.29 is 33.5 Å². The first-order valence-electron chi connectivity index (χ1n) is 21.4. The second kappa shape index (κ2) is 20.9. The number of fused-ring (bicyclic) bond motifs is 1. The lowest BCUT2D eigenvalue weighted by Gasteiger charge is -2.37. The van der Waals surface area contributed by atoms with Crippen LogP contribution in [0.4, 0.5) is 0 Å². The largest absolute Gasteiger partial charge is 0.375 e. The van der Waals surface area contributed by atoms with Crippen LogP contribution in [0.25, 0.3) is 0 Å². The number of ether oxygens (including phenoxy) is 1. The third kappa shape index (κ3) is 11.6. The van der Waals surface area contributed by atoms with E-state index >= 15 is 0 Å². The Morgan fingerprint density at radius 2 is 1.54 bits per heavy atom. The van der Waals surface area contributed by atoms with Crippen LogP contribution < -0.4 is 38.1 Å². The quantitative estimate of drug-likeness (QED) is 0.142. The van der Waals surface area contributed by atoms with E-state index < -0.39 is 71.3 Å². The molecule has 6 amide bonds. The Hall–Kier alpha value is -3.30. The normalized spacial score (nSPS) is 34.3. The molecule has 15 heteroatoms. The molecule has 8 atom stereocenters. The van der Waals surface area contributed by atoms with Gasteiger partial charge in [-0.05, 0) is 69.6 Å². The van der Waals surface area contributed by atoms with Gasteiger partial charge < -0.3 is 47.7 Å². The first kappa shape index (κ1) is 45.4. The van der Waals surface area contributed by atoms with Gasteiger partial charge in [-0.2, -0.15) is 0 Å². The maximum Gasteiger partial charge on any atom is 0.244 e. The zero-order valence-corrected chi connectivity index (χ0v) is 34.8. The van der Waals surface area contributed by atoms with E-state index in [0.717, 1.165) is 44.9 Å². The minimum atomic E-state index is -1.23. The molecule has 2 bridgehead atoms. The minimum absolute atomic E-state index is 0.0313. The van der Waals surface area contributed by atoms with Crippen molar-refractivity contribution in [3.05, 3.63) is 0 Å². The van der Waals surface area contributed by atoms with Crippen LogP contribution in [0.15, 0.2) is 0 Å². The molecular formula is C41H72N8O7. The van der Waals surface area contributed by atoms with Crippen LogP contribution in [0, 0.1) is 29.1 Å². The third-order valence-corrected chi connectivity index (χ3v) is 12.7. The lowest BCUT2D eigenvalue weighted by Crippen LogP contribution is -2.63. The number of hydrogen-bond donors (Lipinski definition) is 7. The average Bonchev–Trinajstić information content (AvgIpc) is 3.68. The average molecular weight is 789 g/mol. The van der Waals surface area contributed by atoms with E-state index in [4.69, 9.17) is 16.2 Å². The maximum atomic E-state index is 14.3. The molecular weight excluding hydrogens is 716 g/mol. The molecule has 1 unspecified atom stereocenters. The summed E-state index contributed by atoms with van der Waals surface area (Å²) in [5.74, 6) is -3.08. The van der Waals surface area contributed by atoms with Crippen molar-refractivity contribution in [2.45, 2.75) is 167 Å². The van der Waals surface area contributed by atoms with Crippen LogP contribution in [-0.4, -0.2) is 109 Å². The topological polar surface area (TPSA) is 227 Å². The van der Waals surface area contributed by atoms with Gasteiger partial charge >= 0.3 is 0 Å². The van der Waals surface area contributed by atoms with Crippen molar-refractivity contribution in [2.75, 3.05) is 26.7 Å². The summed E-state index contributed by atoms with van der Waals surface area (Å²) in [5, 5.41) is 14.3. The number of unbranched alkanes of at least 4 members (excludes halogenated alkanes) is 3. The molecule has 4 aliphatic carbocycles. The van der Waals surface area contributed by atoms with Gasteiger partial charge in [0.25, 0.3) is 0 Å². The SMILES string of the molecule is CCCCCC[C@H]1OC[C@@H](C)NC(=O)[C@H](CNC(=O)C23CC(N)C(C2)C3)NC(=O)[C@H](CN)NC(=O)[C@H](C2CCCCC2)NC(=O)[C@H](CC(C)C)N(C)C(=O)[C@@H]1C.